The van der Waals surface area contributed by atoms with Crippen LogP contribution in [0.15, 0.2) is 24.4 Å². The number of nitriles is 1. The van der Waals surface area contributed by atoms with Crippen molar-refractivity contribution in [1.82, 2.24) is 10.2 Å². The molecule has 2 rings (SSSR count). The van der Waals surface area contributed by atoms with Crippen LogP contribution in [0.4, 0.5) is 10.1 Å². The van der Waals surface area contributed by atoms with Crippen molar-refractivity contribution in [2.75, 3.05) is 5.32 Å². The Morgan fingerprint density at radius 1 is 1.56 bits per heavy atom. The molecule has 0 atom stereocenters. The molecule has 0 aliphatic rings. The number of anilines is 1. The summed E-state index contributed by atoms with van der Waals surface area (Å²) in [5, 5.41) is 17.8. The summed E-state index contributed by atoms with van der Waals surface area (Å²) in [6, 6.07) is 5.42. The van der Waals surface area contributed by atoms with Gasteiger partial charge in [-0.05, 0) is 25.1 Å². The third-order valence-electron chi connectivity index (χ3n) is 2.42. The van der Waals surface area contributed by atoms with Crippen molar-refractivity contribution in [1.29, 1.82) is 5.26 Å². The predicted octanol–water partition coefficient (Wildman–Crippen LogP) is 1.98. The number of aryl methyl sites for hydroxylation is 1. The monoisotopic (exact) mass is 244 g/mol. The molecule has 18 heavy (non-hydrogen) atoms. The maximum Gasteiger partial charge on any atom is 0.259 e. The molecule has 1 aromatic heterocycles. The maximum atomic E-state index is 12.9. The first-order valence-electron chi connectivity index (χ1n) is 5.13. The zero-order chi connectivity index (χ0) is 13.1. The third-order valence-corrected chi connectivity index (χ3v) is 2.42. The largest absolute Gasteiger partial charge is 0.321 e. The van der Waals surface area contributed by atoms with Crippen LogP contribution in [0, 0.1) is 24.1 Å². The molecule has 0 fully saturated rings. The fourth-order valence-electron chi connectivity index (χ4n) is 1.49. The second-order valence-corrected chi connectivity index (χ2v) is 3.66. The van der Waals surface area contributed by atoms with Crippen LogP contribution in [0.5, 0.6) is 0 Å². The molecule has 0 radical (unpaired) electrons. The summed E-state index contributed by atoms with van der Waals surface area (Å²) in [6.45, 7) is 1.71. The van der Waals surface area contributed by atoms with Crippen LogP contribution in [0.25, 0.3) is 0 Å². The van der Waals surface area contributed by atoms with E-state index in [0.717, 1.165) is 6.07 Å². The first-order chi connectivity index (χ1) is 8.61. The number of benzene rings is 1. The molecule has 0 aliphatic carbocycles. The number of nitrogens with one attached hydrogen (secondary N) is 2. The molecular formula is C12H9FN4O. The van der Waals surface area contributed by atoms with Gasteiger partial charge in [0.1, 0.15) is 11.9 Å². The van der Waals surface area contributed by atoms with Crippen molar-refractivity contribution in [2.24, 2.45) is 0 Å². The average Bonchev–Trinajstić information content (AvgIpc) is 2.77. The number of aromatic nitrogens is 2. The highest BCUT2D eigenvalue weighted by Crippen LogP contribution is 2.17. The lowest BCUT2D eigenvalue weighted by Crippen LogP contribution is -2.13. The van der Waals surface area contributed by atoms with E-state index < -0.39 is 11.7 Å². The van der Waals surface area contributed by atoms with Gasteiger partial charge in [0.2, 0.25) is 0 Å². The molecule has 0 aliphatic heterocycles. The van der Waals surface area contributed by atoms with Gasteiger partial charge in [0, 0.05) is 5.69 Å². The number of carbonyl (C=O) groups is 1. The summed E-state index contributed by atoms with van der Waals surface area (Å²) in [5.41, 5.74) is 1.34. The van der Waals surface area contributed by atoms with Crippen LogP contribution in [-0.2, 0) is 0 Å². The Bertz CT molecular complexity index is 642. The molecule has 0 saturated heterocycles. The van der Waals surface area contributed by atoms with Gasteiger partial charge in [-0.1, -0.05) is 0 Å². The quantitative estimate of drug-likeness (QED) is 0.847. The zero-order valence-electron chi connectivity index (χ0n) is 9.49. The van der Waals surface area contributed by atoms with Crippen LogP contribution in [0.3, 0.4) is 0 Å². The Hall–Kier alpha value is -2.68. The zero-order valence-corrected chi connectivity index (χ0v) is 9.49. The standard InChI is InChI=1S/C12H9FN4O/c1-7-10(6-15-17-7)12(18)16-11-3-2-9(13)4-8(11)5-14/h2-4,6H,1H3,(H,15,17)(H,16,18). The van der Waals surface area contributed by atoms with Crippen LogP contribution in [0.2, 0.25) is 0 Å². The highest BCUT2D eigenvalue weighted by Gasteiger charge is 2.13. The number of halogens is 1. The smallest absolute Gasteiger partial charge is 0.259 e. The summed E-state index contributed by atoms with van der Waals surface area (Å²) in [5.74, 6) is -0.923. The van der Waals surface area contributed by atoms with E-state index in [1.807, 2.05) is 6.07 Å². The maximum absolute atomic E-state index is 12.9. The molecule has 0 spiro atoms. The van der Waals surface area contributed by atoms with Crippen molar-refractivity contribution >= 4 is 11.6 Å². The number of hydrogen-bond acceptors (Lipinski definition) is 3. The van der Waals surface area contributed by atoms with E-state index in [2.05, 4.69) is 15.5 Å². The van der Waals surface area contributed by atoms with Gasteiger partial charge in [0.25, 0.3) is 5.91 Å². The SMILES string of the molecule is Cc1[nH]ncc1C(=O)Nc1ccc(F)cc1C#N. The minimum absolute atomic E-state index is 0.0736. The van der Waals surface area contributed by atoms with Crippen molar-refractivity contribution in [3.05, 3.63) is 47.0 Å². The summed E-state index contributed by atoms with van der Waals surface area (Å²) in [6.07, 6.45) is 1.39. The number of carbonyl (C=O) groups excluding carboxylic acids is 1. The van der Waals surface area contributed by atoms with Gasteiger partial charge in [0.05, 0.1) is 23.0 Å². The van der Waals surface area contributed by atoms with Crippen molar-refractivity contribution < 1.29 is 9.18 Å². The second kappa shape index (κ2) is 4.67. The van der Waals surface area contributed by atoms with E-state index >= 15 is 0 Å². The van der Waals surface area contributed by atoms with Crippen LogP contribution >= 0.6 is 0 Å². The molecule has 0 saturated carbocycles. The van der Waals surface area contributed by atoms with Gasteiger partial charge in [-0.2, -0.15) is 10.4 Å². The van der Waals surface area contributed by atoms with Crippen LogP contribution in [0.1, 0.15) is 21.6 Å². The number of hydrogen-bond donors (Lipinski definition) is 2. The number of aromatic amines is 1. The fourth-order valence-corrected chi connectivity index (χ4v) is 1.49. The van der Waals surface area contributed by atoms with E-state index in [4.69, 9.17) is 5.26 Å². The van der Waals surface area contributed by atoms with Crippen molar-refractivity contribution in [2.45, 2.75) is 6.92 Å². The molecule has 6 heteroatoms. The van der Waals surface area contributed by atoms with Gasteiger partial charge in [-0.3, -0.25) is 9.89 Å². The number of rotatable bonds is 2. The lowest BCUT2D eigenvalue weighted by molar-refractivity contribution is 0.102. The minimum atomic E-state index is -0.524. The van der Waals surface area contributed by atoms with Crippen LogP contribution in [-0.4, -0.2) is 16.1 Å². The molecule has 0 bridgehead atoms. The molecule has 5 nitrogen and oxygen atoms in total. The van der Waals surface area contributed by atoms with Crippen molar-refractivity contribution in [3.63, 3.8) is 0 Å². The summed E-state index contributed by atoms with van der Waals surface area (Å²) in [4.78, 5) is 11.9. The average molecular weight is 244 g/mol. The van der Waals surface area contributed by atoms with Gasteiger partial charge in [0.15, 0.2) is 0 Å². The fraction of sp³-hybridized carbons (Fsp3) is 0.0833. The van der Waals surface area contributed by atoms with Gasteiger partial charge in [-0.15, -0.1) is 0 Å². The highest BCUT2D eigenvalue weighted by atomic mass is 19.1. The molecule has 0 unspecified atom stereocenters. The first-order valence-corrected chi connectivity index (χ1v) is 5.13. The van der Waals surface area contributed by atoms with E-state index in [1.54, 1.807) is 6.92 Å². The number of H-pyrrole nitrogens is 1. The van der Waals surface area contributed by atoms with Gasteiger partial charge >= 0.3 is 0 Å². The molecule has 1 heterocycles. The summed E-state index contributed by atoms with van der Waals surface area (Å²) < 4.78 is 12.9. The molecule has 90 valence electrons. The summed E-state index contributed by atoms with van der Waals surface area (Å²) in [7, 11) is 0. The van der Waals surface area contributed by atoms with Crippen molar-refractivity contribution in [3.8, 4) is 6.07 Å². The van der Waals surface area contributed by atoms with E-state index in [9.17, 15) is 9.18 Å². The second-order valence-electron chi connectivity index (χ2n) is 3.66. The normalized spacial score (nSPS) is 9.83. The predicted molar refractivity (Wildman–Crippen MR) is 62.4 cm³/mol. The molecule has 2 N–H and O–H groups in total. The number of nitrogens with zero attached hydrogens (tertiary/aromatic N) is 2. The Morgan fingerprint density at radius 3 is 2.94 bits per heavy atom. The van der Waals surface area contributed by atoms with E-state index in [1.165, 1.54) is 18.3 Å². The Labute approximate surface area is 102 Å². The molecule has 1 aromatic carbocycles. The third kappa shape index (κ3) is 2.20. The topological polar surface area (TPSA) is 81.6 Å². The lowest BCUT2D eigenvalue weighted by atomic mass is 10.1. The lowest BCUT2D eigenvalue weighted by Gasteiger charge is -2.06. The Kier molecular flexibility index (Phi) is 3.06. The first kappa shape index (κ1) is 11.8. The Balaban J connectivity index is 2.28. The highest BCUT2D eigenvalue weighted by molar-refractivity contribution is 6.05. The molecular weight excluding hydrogens is 235 g/mol. The number of amides is 1. The van der Waals surface area contributed by atoms with Gasteiger partial charge in [-0.25, -0.2) is 4.39 Å². The molecule has 1 amide bonds. The minimum Gasteiger partial charge on any atom is -0.321 e. The van der Waals surface area contributed by atoms with Gasteiger partial charge < -0.3 is 5.32 Å². The van der Waals surface area contributed by atoms with E-state index in [-0.39, 0.29) is 11.3 Å². The summed E-state index contributed by atoms with van der Waals surface area (Å²) >= 11 is 0. The molecule has 2 aromatic rings. The van der Waals surface area contributed by atoms with Crippen LogP contribution < -0.4 is 5.32 Å². The van der Waals surface area contributed by atoms with E-state index in [0.29, 0.717) is 11.3 Å². The Morgan fingerprint density at radius 2 is 2.33 bits per heavy atom.